The molecule has 0 aliphatic carbocycles. The van der Waals surface area contributed by atoms with E-state index < -0.39 is 23.6 Å². The Morgan fingerprint density at radius 1 is 0.591 bits per heavy atom. The maximum atomic E-state index is 13.5. The molecule has 4 aromatic heterocycles. The van der Waals surface area contributed by atoms with E-state index in [0.29, 0.717) is 106 Å². The van der Waals surface area contributed by atoms with Crippen LogP contribution >= 0.6 is 15.9 Å². The number of rotatable bonds is 9. The van der Waals surface area contributed by atoms with Crippen LogP contribution in [0.15, 0.2) is 152 Å². The smallest absolute Gasteiger partial charge is 0.338 e. The average molecular weight is 1340 g/mol. The number of methoxy groups -OCH3 is 5. The quantitative estimate of drug-likeness (QED) is 0.0524. The molecule has 4 aliphatic rings. The third-order valence-corrected chi connectivity index (χ3v) is 14.9. The van der Waals surface area contributed by atoms with E-state index in [0.717, 1.165) is 65.9 Å². The summed E-state index contributed by atoms with van der Waals surface area (Å²) in [7, 11) is 7.70. The first-order valence-corrected chi connectivity index (χ1v) is 29.6. The Morgan fingerprint density at radius 3 is 1.75 bits per heavy atom. The van der Waals surface area contributed by atoms with Crippen LogP contribution in [0.1, 0.15) is 62.3 Å². The largest absolute Gasteiger partial charge is 0.497 e. The number of halogens is 3. The van der Waals surface area contributed by atoms with Crippen LogP contribution in [0.4, 0.5) is 26.0 Å². The highest BCUT2D eigenvalue weighted by Gasteiger charge is 2.26. The van der Waals surface area contributed by atoms with E-state index in [1.807, 2.05) is 53.4 Å². The number of oxazole rings is 2. The summed E-state index contributed by atoms with van der Waals surface area (Å²) < 4.78 is 85.6. The van der Waals surface area contributed by atoms with Gasteiger partial charge in [0.25, 0.3) is 0 Å². The van der Waals surface area contributed by atoms with Gasteiger partial charge in [-0.05, 0) is 126 Å². The van der Waals surface area contributed by atoms with E-state index in [1.54, 1.807) is 52.7 Å². The van der Waals surface area contributed by atoms with Crippen molar-refractivity contribution in [2.24, 2.45) is 5.16 Å². The zero-order valence-corrected chi connectivity index (χ0v) is 52.3. The Bertz CT molecular complexity index is 4390. The third kappa shape index (κ3) is 15.6. The highest BCUT2D eigenvalue weighted by molar-refractivity contribution is 9.10. The number of esters is 1. The summed E-state index contributed by atoms with van der Waals surface area (Å²) in [5.41, 5.74) is 6.08. The number of benzene rings is 6. The van der Waals surface area contributed by atoms with Crippen LogP contribution in [0.25, 0.3) is 45.1 Å². The van der Waals surface area contributed by atoms with Gasteiger partial charge in [0.2, 0.25) is 11.8 Å². The molecule has 0 amide bonds. The van der Waals surface area contributed by atoms with E-state index in [-0.39, 0.29) is 39.8 Å². The molecule has 0 fully saturated rings. The molecule has 480 valence electrons. The van der Waals surface area contributed by atoms with Gasteiger partial charge < -0.3 is 72.0 Å². The molecule has 0 unspecified atom stereocenters. The summed E-state index contributed by atoms with van der Waals surface area (Å²) in [4.78, 5) is 54.3. The first-order valence-electron chi connectivity index (χ1n) is 28.8. The average Bonchev–Trinajstić information content (AvgIpc) is 1.82. The van der Waals surface area contributed by atoms with Crippen molar-refractivity contribution in [1.82, 2.24) is 19.9 Å². The normalized spacial score (nSPS) is 13.8. The zero-order chi connectivity index (χ0) is 65.5. The Balaban J connectivity index is 0.000000134. The molecular weight excluding hydrogens is 1280 g/mol. The number of fused-ring (bicyclic) bond motifs is 6. The molecule has 8 heterocycles. The van der Waals surface area contributed by atoms with Crippen LogP contribution in [-0.2, 0) is 4.74 Å². The molecule has 4 aliphatic heterocycles. The lowest BCUT2D eigenvalue weighted by Crippen LogP contribution is -2.19. The number of carbonyl (C=O) groups is 3. The molecule has 3 N–H and O–H groups in total. The lowest BCUT2D eigenvalue weighted by Gasteiger charge is -2.23. The number of nitrogens with one attached hydrogen (secondary N) is 1. The van der Waals surface area contributed by atoms with Crippen LogP contribution in [0, 0.1) is 11.6 Å². The number of nitrogens with zero attached hydrogens (tertiary/aromatic N) is 6. The molecule has 26 heteroatoms. The van der Waals surface area contributed by atoms with Gasteiger partial charge in [0.15, 0.2) is 16.9 Å². The number of carbonyl (C=O) groups excluding carboxylic acids is 2. The number of Topliss-reactive ketones (excluding diaryl/α,β-unsaturated/α-hetero) is 1. The van der Waals surface area contributed by atoms with E-state index in [4.69, 9.17) is 56.7 Å². The molecule has 6 aromatic carbocycles. The summed E-state index contributed by atoms with van der Waals surface area (Å²) in [6.07, 6.45) is 5.69. The summed E-state index contributed by atoms with van der Waals surface area (Å²) in [5.74, 6) is 4.12. The van der Waals surface area contributed by atoms with Crippen molar-refractivity contribution in [1.29, 1.82) is 0 Å². The first kappa shape index (κ1) is 64.9. The summed E-state index contributed by atoms with van der Waals surface area (Å²) in [6.45, 7) is 3.89. The number of pyridine rings is 2. The van der Waals surface area contributed by atoms with Gasteiger partial charge >= 0.3 is 11.9 Å². The fourth-order valence-corrected chi connectivity index (χ4v) is 10.1. The van der Waals surface area contributed by atoms with Gasteiger partial charge in [0, 0.05) is 68.2 Å². The first-order chi connectivity index (χ1) is 45.2. The Hall–Kier alpha value is -11.0. The van der Waals surface area contributed by atoms with Crippen molar-refractivity contribution in [3.05, 3.63) is 172 Å². The highest BCUT2D eigenvalue weighted by Crippen LogP contribution is 2.40. The third-order valence-electron chi connectivity index (χ3n) is 14.4. The van der Waals surface area contributed by atoms with Crippen molar-refractivity contribution in [3.8, 4) is 68.9 Å². The van der Waals surface area contributed by atoms with Gasteiger partial charge in [-0.2, -0.15) is 0 Å². The Labute approximate surface area is 538 Å². The van der Waals surface area contributed by atoms with Gasteiger partial charge in [0.05, 0.1) is 107 Å². The van der Waals surface area contributed by atoms with E-state index in [9.17, 15) is 28.3 Å². The van der Waals surface area contributed by atoms with Crippen LogP contribution < -0.4 is 48.1 Å². The molecule has 93 heavy (non-hydrogen) atoms. The molecule has 0 radical (unpaired) electrons. The van der Waals surface area contributed by atoms with Crippen molar-refractivity contribution < 1.29 is 84.9 Å². The van der Waals surface area contributed by atoms with E-state index >= 15 is 0 Å². The molecular formula is C67H60BrF2N7O16. The number of aromatic nitrogens is 4. The standard InChI is InChI=1S/C23H18FN3O5.C14H8BrFN2O3.C10H11NO3.C10H13NO2.C10H10O3/c1-30-14-4-6-19-18(10-14)27(7-2-8-31-19)21-11-15(23(28)29)16(12-25-21)22-26-17-5-3-13(24)9-20(17)32-22;1-20-14(19)8-5-12(15)17-6-9(8)13-18-10-3-2-7(16)4-11(10)21-13;1-13-7-2-3-10-8(6-7)9(11-12)4-5-14-10;1-12-8-3-4-10-9(7-8)11-5-2-6-13-10;1-12-7-2-3-10-8(6-7)9(11)4-5-13-10/h3-6,9-12H,2,7-8H2,1H3,(H,28,29);2-6H,1H3;2-3,6,12H,4-5H2,1H3;3-4,7,11H,2,5-6H2,1H3;2-3,6H,4-5H2,1H3/b;;11-9+;;. The van der Waals surface area contributed by atoms with E-state index in [1.165, 1.54) is 68.0 Å². The van der Waals surface area contributed by atoms with Gasteiger partial charge in [0.1, 0.15) is 79.1 Å². The maximum absolute atomic E-state index is 13.5. The van der Waals surface area contributed by atoms with Crippen molar-refractivity contribution in [3.63, 3.8) is 0 Å². The topological polar surface area (TPSA) is 280 Å². The number of anilines is 3. The molecule has 0 saturated carbocycles. The van der Waals surface area contributed by atoms with Crippen LogP contribution in [0.5, 0.6) is 46.0 Å². The number of carboxylic acids is 1. The number of aromatic carboxylic acids is 1. The Morgan fingerprint density at radius 2 is 1.13 bits per heavy atom. The van der Waals surface area contributed by atoms with Crippen LogP contribution in [0.2, 0.25) is 0 Å². The monoisotopic (exact) mass is 1340 g/mol. The van der Waals surface area contributed by atoms with Crippen molar-refractivity contribution in [2.45, 2.75) is 25.7 Å². The SMILES string of the molecule is COC(=O)c1cc(Br)ncc1-c1nc2ccc(F)cc2o1.COc1ccc2c(c1)/C(=N/O)CCO2.COc1ccc2c(c1)C(=O)CCO2.COc1ccc2c(c1)N(c1cc(C(=O)O)c(-c3nc4ccc(F)cc4o3)cn1)CCCO2.COc1ccc2c(c1)NCCCO2. The second-order valence-electron chi connectivity index (χ2n) is 20.3. The molecule has 0 saturated heterocycles. The van der Waals surface area contributed by atoms with Crippen LogP contribution in [-0.4, -0.2) is 129 Å². The number of hydrogen-bond donors (Lipinski definition) is 3. The summed E-state index contributed by atoms with van der Waals surface area (Å²) >= 11 is 3.19. The predicted octanol–water partition coefficient (Wildman–Crippen LogP) is 13.4. The summed E-state index contributed by atoms with van der Waals surface area (Å²) in [6, 6.07) is 32.9. The van der Waals surface area contributed by atoms with Crippen molar-refractivity contribution in [2.75, 3.05) is 85.3 Å². The molecule has 10 aromatic rings. The maximum Gasteiger partial charge on any atom is 0.338 e. The van der Waals surface area contributed by atoms with Gasteiger partial charge in [-0.3, -0.25) is 4.79 Å². The second-order valence-corrected chi connectivity index (χ2v) is 21.1. The number of carboxylic acid groups (broad SMARTS) is 1. The Kier molecular flexibility index (Phi) is 21.1. The predicted molar refractivity (Wildman–Crippen MR) is 341 cm³/mol. The fourth-order valence-electron chi connectivity index (χ4n) is 9.80. The number of ketones is 1. The number of oxime groups is 1. The lowest BCUT2D eigenvalue weighted by atomic mass is 10.0. The van der Waals surface area contributed by atoms with Crippen molar-refractivity contribution >= 4 is 78.8 Å². The van der Waals surface area contributed by atoms with Gasteiger partial charge in [-0.25, -0.2) is 38.3 Å². The lowest BCUT2D eigenvalue weighted by molar-refractivity contribution is 0.0600. The van der Waals surface area contributed by atoms with Gasteiger partial charge in [-0.1, -0.05) is 5.16 Å². The number of hydrogen-bond acceptors (Lipinski definition) is 22. The minimum Gasteiger partial charge on any atom is -0.497 e. The van der Waals surface area contributed by atoms with Gasteiger partial charge in [-0.15, -0.1) is 0 Å². The number of ether oxygens (including phenoxy) is 9. The molecule has 0 atom stereocenters. The molecule has 0 bridgehead atoms. The highest BCUT2D eigenvalue weighted by atomic mass is 79.9. The fraction of sp³-hybridized carbons (Fsp3) is 0.224. The molecule has 23 nitrogen and oxygen atoms in total. The molecule has 0 spiro atoms. The second kappa shape index (κ2) is 30.2. The van der Waals surface area contributed by atoms with Crippen LogP contribution in [0.3, 0.4) is 0 Å². The van der Waals surface area contributed by atoms with E-state index in [2.05, 4.69) is 46.3 Å². The minimum atomic E-state index is -1.16. The zero-order valence-electron chi connectivity index (χ0n) is 50.7. The minimum absolute atomic E-state index is 0.0309. The molecule has 14 rings (SSSR count). The summed E-state index contributed by atoms with van der Waals surface area (Å²) in [5, 5.41) is 25.2.